The van der Waals surface area contributed by atoms with Crippen LogP contribution in [0.1, 0.15) is 58.8 Å². The van der Waals surface area contributed by atoms with Crippen molar-refractivity contribution in [1.29, 1.82) is 0 Å². The van der Waals surface area contributed by atoms with Gasteiger partial charge in [-0.3, -0.25) is 4.79 Å². The van der Waals surface area contributed by atoms with Gasteiger partial charge in [-0.15, -0.1) is 0 Å². The Morgan fingerprint density at radius 2 is 2.21 bits per heavy atom. The molecule has 3 unspecified atom stereocenters. The zero-order valence-corrected chi connectivity index (χ0v) is 12.6. The van der Waals surface area contributed by atoms with Crippen LogP contribution in [-0.2, 0) is 4.79 Å². The summed E-state index contributed by atoms with van der Waals surface area (Å²) in [4.78, 5) is 12.6. The van der Waals surface area contributed by atoms with Gasteiger partial charge >= 0.3 is 0 Å². The van der Waals surface area contributed by atoms with Crippen molar-refractivity contribution in [2.75, 3.05) is 19.6 Å². The molecule has 3 atom stereocenters. The Hall–Kier alpha value is -0.570. The van der Waals surface area contributed by atoms with Crippen molar-refractivity contribution in [3.8, 4) is 0 Å². The quantitative estimate of drug-likeness (QED) is 0.803. The number of amides is 1. The number of piperidine rings is 1. The lowest BCUT2D eigenvalue weighted by molar-refractivity contribution is -0.132. The van der Waals surface area contributed by atoms with Crippen LogP contribution < -0.4 is 10.6 Å². The smallest absolute Gasteiger partial charge is 0.227 e. The fourth-order valence-electron chi connectivity index (χ4n) is 3.90. The summed E-state index contributed by atoms with van der Waals surface area (Å²) in [5, 5.41) is 6.69. The van der Waals surface area contributed by atoms with Gasteiger partial charge in [-0.2, -0.15) is 0 Å². The van der Waals surface area contributed by atoms with Gasteiger partial charge in [0, 0.05) is 13.1 Å². The molecule has 19 heavy (non-hydrogen) atoms. The minimum atomic E-state index is -0.130. The van der Waals surface area contributed by atoms with E-state index in [4.69, 9.17) is 0 Å². The largest absolute Gasteiger partial charge is 0.355 e. The number of hydrogen-bond donors (Lipinski definition) is 2. The van der Waals surface area contributed by atoms with E-state index in [1.165, 1.54) is 19.3 Å². The van der Waals surface area contributed by atoms with E-state index in [1.54, 1.807) is 0 Å². The first-order chi connectivity index (χ1) is 9.18. The van der Waals surface area contributed by atoms with Crippen LogP contribution in [0.3, 0.4) is 0 Å². The number of carbonyl (C=O) groups is 1. The number of nitrogens with one attached hydrogen (secondary N) is 2. The fraction of sp³-hybridized carbons (Fsp3) is 0.938. The lowest BCUT2D eigenvalue weighted by atomic mass is 9.76. The molecule has 1 saturated carbocycles. The summed E-state index contributed by atoms with van der Waals surface area (Å²) in [7, 11) is 0. The van der Waals surface area contributed by atoms with E-state index in [2.05, 4.69) is 24.5 Å². The average molecular weight is 266 g/mol. The van der Waals surface area contributed by atoms with E-state index in [9.17, 15) is 4.79 Å². The standard InChI is InChI=1S/C16H30N2O/c1-3-8-16(9-5-10-17-12-16)15(19)18-11-14-7-4-6-13(14)2/h13-14,17H,3-12H2,1-2H3,(H,18,19). The molecule has 0 aromatic rings. The molecule has 2 rings (SSSR count). The first-order valence-electron chi connectivity index (χ1n) is 8.17. The van der Waals surface area contributed by atoms with Gasteiger partial charge in [0.2, 0.25) is 5.91 Å². The normalized spacial score (nSPS) is 35.3. The first kappa shape index (κ1) is 14.8. The molecule has 0 aromatic heterocycles. The molecule has 1 aliphatic heterocycles. The predicted octanol–water partition coefficient (Wildman–Crippen LogP) is 2.71. The second kappa shape index (κ2) is 6.74. The van der Waals surface area contributed by atoms with E-state index in [0.717, 1.165) is 51.2 Å². The Balaban J connectivity index is 1.88. The lowest BCUT2D eigenvalue weighted by Crippen LogP contribution is -2.51. The Kier molecular flexibility index (Phi) is 5.26. The third kappa shape index (κ3) is 3.50. The summed E-state index contributed by atoms with van der Waals surface area (Å²) in [5.74, 6) is 1.80. The fourth-order valence-corrected chi connectivity index (χ4v) is 3.90. The zero-order chi connectivity index (χ0) is 13.7. The van der Waals surface area contributed by atoms with E-state index < -0.39 is 0 Å². The maximum absolute atomic E-state index is 12.6. The summed E-state index contributed by atoms with van der Waals surface area (Å²) in [6, 6.07) is 0. The molecule has 0 aromatic carbocycles. The minimum Gasteiger partial charge on any atom is -0.355 e. The summed E-state index contributed by atoms with van der Waals surface area (Å²) >= 11 is 0. The minimum absolute atomic E-state index is 0.130. The van der Waals surface area contributed by atoms with Gasteiger partial charge in [0.05, 0.1) is 5.41 Å². The Labute approximate surface area is 117 Å². The van der Waals surface area contributed by atoms with Gasteiger partial charge in [0.25, 0.3) is 0 Å². The molecular formula is C16H30N2O. The molecule has 3 nitrogen and oxygen atoms in total. The van der Waals surface area contributed by atoms with E-state index in [-0.39, 0.29) is 5.41 Å². The second-order valence-corrected chi connectivity index (χ2v) is 6.69. The van der Waals surface area contributed by atoms with Gasteiger partial charge in [0.15, 0.2) is 0 Å². The van der Waals surface area contributed by atoms with Gasteiger partial charge in [-0.1, -0.05) is 33.1 Å². The van der Waals surface area contributed by atoms with Gasteiger partial charge in [0.1, 0.15) is 0 Å². The predicted molar refractivity (Wildman–Crippen MR) is 79.0 cm³/mol. The van der Waals surface area contributed by atoms with E-state index in [0.29, 0.717) is 11.8 Å². The number of rotatable bonds is 5. The van der Waals surface area contributed by atoms with Crippen molar-refractivity contribution in [3.63, 3.8) is 0 Å². The molecular weight excluding hydrogens is 236 g/mol. The van der Waals surface area contributed by atoms with Crippen LogP contribution in [0.15, 0.2) is 0 Å². The number of hydrogen-bond acceptors (Lipinski definition) is 2. The second-order valence-electron chi connectivity index (χ2n) is 6.69. The highest BCUT2D eigenvalue weighted by Crippen LogP contribution is 2.33. The van der Waals surface area contributed by atoms with Crippen LogP contribution in [0, 0.1) is 17.3 Å². The van der Waals surface area contributed by atoms with Crippen LogP contribution in [0.25, 0.3) is 0 Å². The summed E-state index contributed by atoms with van der Waals surface area (Å²) in [6.45, 7) is 7.34. The molecule has 0 spiro atoms. The third-order valence-electron chi connectivity index (χ3n) is 5.25. The summed E-state index contributed by atoms with van der Waals surface area (Å²) < 4.78 is 0. The highest BCUT2D eigenvalue weighted by molar-refractivity contribution is 5.83. The van der Waals surface area contributed by atoms with Crippen LogP contribution in [0.5, 0.6) is 0 Å². The molecule has 3 heteroatoms. The Morgan fingerprint density at radius 3 is 2.79 bits per heavy atom. The van der Waals surface area contributed by atoms with Gasteiger partial charge in [-0.05, 0) is 44.1 Å². The SMILES string of the molecule is CCCC1(C(=O)NCC2CCCC2C)CCCNC1. The summed E-state index contributed by atoms with van der Waals surface area (Å²) in [5.41, 5.74) is -0.130. The van der Waals surface area contributed by atoms with Crippen LogP contribution >= 0.6 is 0 Å². The molecule has 1 saturated heterocycles. The van der Waals surface area contributed by atoms with Crippen molar-refractivity contribution in [1.82, 2.24) is 10.6 Å². The highest BCUT2D eigenvalue weighted by atomic mass is 16.2. The Morgan fingerprint density at radius 1 is 1.37 bits per heavy atom. The van der Waals surface area contributed by atoms with Gasteiger partial charge < -0.3 is 10.6 Å². The third-order valence-corrected chi connectivity index (χ3v) is 5.25. The lowest BCUT2D eigenvalue weighted by Gasteiger charge is -2.36. The molecule has 0 radical (unpaired) electrons. The van der Waals surface area contributed by atoms with Crippen molar-refractivity contribution in [3.05, 3.63) is 0 Å². The van der Waals surface area contributed by atoms with Gasteiger partial charge in [-0.25, -0.2) is 0 Å². The van der Waals surface area contributed by atoms with Crippen molar-refractivity contribution in [2.24, 2.45) is 17.3 Å². The van der Waals surface area contributed by atoms with Crippen molar-refractivity contribution >= 4 is 5.91 Å². The van der Waals surface area contributed by atoms with Crippen LogP contribution in [0.2, 0.25) is 0 Å². The topological polar surface area (TPSA) is 41.1 Å². The zero-order valence-electron chi connectivity index (χ0n) is 12.6. The van der Waals surface area contributed by atoms with Crippen molar-refractivity contribution in [2.45, 2.75) is 58.8 Å². The molecule has 2 aliphatic rings. The molecule has 2 N–H and O–H groups in total. The van der Waals surface area contributed by atoms with Crippen LogP contribution in [0.4, 0.5) is 0 Å². The maximum Gasteiger partial charge on any atom is 0.227 e. The molecule has 0 bridgehead atoms. The molecule has 110 valence electrons. The Bertz CT molecular complexity index is 292. The number of carbonyl (C=O) groups excluding carboxylic acids is 1. The monoisotopic (exact) mass is 266 g/mol. The molecule has 1 amide bonds. The molecule has 1 heterocycles. The average Bonchev–Trinajstić information content (AvgIpc) is 2.83. The molecule has 2 fully saturated rings. The van der Waals surface area contributed by atoms with Crippen LogP contribution in [-0.4, -0.2) is 25.5 Å². The van der Waals surface area contributed by atoms with Crippen molar-refractivity contribution < 1.29 is 4.79 Å². The first-order valence-corrected chi connectivity index (χ1v) is 8.17. The van der Waals surface area contributed by atoms with E-state index in [1.807, 2.05) is 0 Å². The summed E-state index contributed by atoms with van der Waals surface area (Å²) in [6.07, 6.45) is 8.26. The maximum atomic E-state index is 12.6. The van der Waals surface area contributed by atoms with E-state index >= 15 is 0 Å². The molecule has 1 aliphatic carbocycles. The highest BCUT2D eigenvalue weighted by Gasteiger charge is 2.38.